The maximum atomic E-state index is 12.4. The van der Waals surface area contributed by atoms with E-state index in [0.717, 1.165) is 36.9 Å². The number of benzene rings is 1. The Morgan fingerprint density at radius 2 is 1.97 bits per heavy atom. The first-order valence-corrected chi connectivity index (χ1v) is 12.1. The Morgan fingerprint density at radius 3 is 2.59 bits per heavy atom. The van der Waals surface area contributed by atoms with Gasteiger partial charge < -0.3 is 10.2 Å². The van der Waals surface area contributed by atoms with Crippen molar-refractivity contribution < 1.29 is 13.2 Å². The number of anilines is 1. The summed E-state index contributed by atoms with van der Waals surface area (Å²) in [5.41, 5.74) is 1.45. The molecule has 0 saturated carbocycles. The van der Waals surface area contributed by atoms with Crippen LogP contribution in [0.5, 0.6) is 0 Å². The predicted molar refractivity (Wildman–Crippen MR) is 115 cm³/mol. The average Bonchev–Trinajstić information content (AvgIpc) is 2.70. The highest BCUT2D eigenvalue weighted by atomic mass is 32.2. The average molecular weight is 419 g/mol. The molecular weight excluding hydrogens is 388 g/mol. The predicted octanol–water partition coefficient (Wildman–Crippen LogP) is 2.72. The molecule has 2 aromatic rings. The summed E-state index contributed by atoms with van der Waals surface area (Å²) in [7, 11) is -3.29. The maximum Gasteiger partial charge on any atom is 0.226 e. The molecule has 0 aliphatic carbocycles. The highest BCUT2D eigenvalue weighted by molar-refractivity contribution is 7.90. The third-order valence-electron chi connectivity index (χ3n) is 5.75. The first-order chi connectivity index (χ1) is 13.7. The Labute approximate surface area is 172 Å². The SMILES string of the molecule is CC[C@H](C)CNC(=O)C1CCN(c2nc(C)c3ccc(S(C)(=O)=O)cc3n2)CC1. The summed E-state index contributed by atoms with van der Waals surface area (Å²) in [4.78, 5) is 24.0. The summed E-state index contributed by atoms with van der Waals surface area (Å²) in [5.74, 6) is 1.25. The summed E-state index contributed by atoms with van der Waals surface area (Å²) in [6, 6.07) is 4.97. The number of piperidine rings is 1. The molecule has 0 bridgehead atoms. The van der Waals surface area contributed by atoms with Gasteiger partial charge in [-0.05, 0) is 43.9 Å². The van der Waals surface area contributed by atoms with E-state index in [1.807, 2.05) is 6.92 Å². The number of aryl methyl sites for hydroxylation is 1. The summed E-state index contributed by atoms with van der Waals surface area (Å²) in [6.45, 7) is 8.31. The zero-order valence-corrected chi connectivity index (χ0v) is 18.4. The fourth-order valence-electron chi connectivity index (χ4n) is 3.53. The molecule has 3 rings (SSSR count). The van der Waals surface area contributed by atoms with Gasteiger partial charge in [0.2, 0.25) is 11.9 Å². The highest BCUT2D eigenvalue weighted by Crippen LogP contribution is 2.25. The molecule has 0 radical (unpaired) electrons. The molecule has 0 spiro atoms. The van der Waals surface area contributed by atoms with Crippen molar-refractivity contribution >= 4 is 32.6 Å². The Hall–Kier alpha value is -2.22. The van der Waals surface area contributed by atoms with E-state index in [-0.39, 0.29) is 16.7 Å². The van der Waals surface area contributed by atoms with Crippen LogP contribution < -0.4 is 10.2 Å². The number of carbonyl (C=O) groups excluding carboxylic acids is 1. The van der Waals surface area contributed by atoms with E-state index in [0.29, 0.717) is 30.5 Å². The molecule has 8 heteroatoms. The Bertz CT molecular complexity index is 998. The fourth-order valence-corrected chi connectivity index (χ4v) is 4.17. The largest absolute Gasteiger partial charge is 0.356 e. The van der Waals surface area contributed by atoms with Crippen LogP contribution >= 0.6 is 0 Å². The van der Waals surface area contributed by atoms with E-state index in [2.05, 4.69) is 34.0 Å². The van der Waals surface area contributed by atoms with Gasteiger partial charge in [0.25, 0.3) is 0 Å². The van der Waals surface area contributed by atoms with Crippen LogP contribution in [0.2, 0.25) is 0 Å². The second-order valence-electron chi connectivity index (χ2n) is 8.08. The molecule has 1 atom stereocenters. The van der Waals surface area contributed by atoms with Gasteiger partial charge in [-0.15, -0.1) is 0 Å². The van der Waals surface area contributed by atoms with Crippen LogP contribution in [0.25, 0.3) is 10.9 Å². The number of aromatic nitrogens is 2. The number of nitrogens with one attached hydrogen (secondary N) is 1. The third-order valence-corrected chi connectivity index (χ3v) is 6.86. The van der Waals surface area contributed by atoms with Crippen molar-refractivity contribution in [3.8, 4) is 0 Å². The monoisotopic (exact) mass is 418 g/mol. The van der Waals surface area contributed by atoms with Crippen LogP contribution in [0.4, 0.5) is 5.95 Å². The minimum Gasteiger partial charge on any atom is -0.356 e. The lowest BCUT2D eigenvalue weighted by Gasteiger charge is -2.31. The Balaban J connectivity index is 1.72. The van der Waals surface area contributed by atoms with Gasteiger partial charge in [-0.3, -0.25) is 4.79 Å². The van der Waals surface area contributed by atoms with E-state index in [1.54, 1.807) is 18.2 Å². The number of sulfone groups is 1. The number of amides is 1. The van der Waals surface area contributed by atoms with Crippen molar-refractivity contribution in [2.75, 3.05) is 30.8 Å². The summed E-state index contributed by atoms with van der Waals surface area (Å²) in [6.07, 6.45) is 3.77. The molecule has 1 amide bonds. The van der Waals surface area contributed by atoms with Crippen LogP contribution in [-0.4, -0.2) is 50.2 Å². The second kappa shape index (κ2) is 8.65. The van der Waals surface area contributed by atoms with Crippen molar-refractivity contribution in [3.05, 3.63) is 23.9 Å². The molecule has 0 unspecified atom stereocenters. The highest BCUT2D eigenvalue weighted by Gasteiger charge is 2.26. The normalized spacial score (nSPS) is 16.8. The minimum absolute atomic E-state index is 0.0219. The number of fused-ring (bicyclic) bond motifs is 1. The zero-order chi connectivity index (χ0) is 21.2. The molecule has 1 aliphatic rings. The first-order valence-electron chi connectivity index (χ1n) is 10.2. The molecule has 7 nitrogen and oxygen atoms in total. The van der Waals surface area contributed by atoms with Gasteiger partial charge in [0, 0.05) is 37.2 Å². The quantitative estimate of drug-likeness (QED) is 0.775. The first kappa shape index (κ1) is 21.5. The second-order valence-corrected chi connectivity index (χ2v) is 10.1. The van der Waals surface area contributed by atoms with Crippen molar-refractivity contribution in [3.63, 3.8) is 0 Å². The Morgan fingerprint density at radius 1 is 1.28 bits per heavy atom. The number of carbonyl (C=O) groups is 1. The molecule has 1 aromatic carbocycles. The van der Waals surface area contributed by atoms with Crippen molar-refractivity contribution in [2.45, 2.75) is 44.9 Å². The van der Waals surface area contributed by atoms with Gasteiger partial charge in [0.15, 0.2) is 9.84 Å². The zero-order valence-electron chi connectivity index (χ0n) is 17.6. The van der Waals surface area contributed by atoms with E-state index in [9.17, 15) is 13.2 Å². The lowest BCUT2D eigenvalue weighted by atomic mass is 9.95. The molecule has 1 fully saturated rings. The number of hydrogen-bond acceptors (Lipinski definition) is 6. The Kier molecular flexibility index (Phi) is 6.41. The molecule has 1 saturated heterocycles. The molecule has 1 aliphatic heterocycles. The van der Waals surface area contributed by atoms with Crippen molar-refractivity contribution in [1.29, 1.82) is 0 Å². The lowest BCUT2D eigenvalue weighted by molar-refractivity contribution is -0.125. The molecule has 1 aromatic heterocycles. The molecule has 1 N–H and O–H groups in total. The standard InChI is InChI=1S/C21H30N4O3S/c1-5-14(2)13-22-20(26)16-8-10-25(11-9-16)21-23-15(3)18-7-6-17(29(4,27)28)12-19(18)24-21/h6-7,12,14,16H,5,8-11,13H2,1-4H3,(H,22,26)/t14-/m0/s1. The van der Waals surface area contributed by atoms with Gasteiger partial charge >= 0.3 is 0 Å². The lowest BCUT2D eigenvalue weighted by Crippen LogP contribution is -2.42. The van der Waals surface area contributed by atoms with Crippen molar-refractivity contribution in [1.82, 2.24) is 15.3 Å². The molecule has 29 heavy (non-hydrogen) atoms. The van der Waals surface area contributed by atoms with E-state index in [1.165, 1.54) is 6.26 Å². The minimum atomic E-state index is -3.29. The fraction of sp³-hybridized carbons (Fsp3) is 0.571. The maximum absolute atomic E-state index is 12.4. The number of rotatable bonds is 6. The number of nitrogens with zero attached hydrogens (tertiary/aromatic N) is 3. The molecule has 2 heterocycles. The van der Waals surface area contributed by atoms with Crippen LogP contribution in [0.3, 0.4) is 0 Å². The molecular formula is C21H30N4O3S. The summed E-state index contributed by atoms with van der Waals surface area (Å²) in [5, 5.41) is 3.91. The third kappa shape index (κ3) is 5.04. The van der Waals surface area contributed by atoms with Crippen LogP contribution in [0, 0.1) is 18.8 Å². The molecule has 158 valence electrons. The summed E-state index contributed by atoms with van der Waals surface area (Å²) < 4.78 is 23.7. The van der Waals surface area contributed by atoms with Gasteiger partial charge in [-0.25, -0.2) is 18.4 Å². The van der Waals surface area contributed by atoms with Gasteiger partial charge in [-0.1, -0.05) is 20.3 Å². The summed E-state index contributed by atoms with van der Waals surface area (Å²) >= 11 is 0. The van der Waals surface area contributed by atoms with Crippen LogP contribution in [0.15, 0.2) is 23.1 Å². The van der Waals surface area contributed by atoms with E-state index >= 15 is 0 Å². The van der Waals surface area contributed by atoms with E-state index < -0.39 is 9.84 Å². The van der Waals surface area contributed by atoms with E-state index in [4.69, 9.17) is 0 Å². The number of hydrogen-bond donors (Lipinski definition) is 1. The van der Waals surface area contributed by atoms with Gasteiger partial charge in [-0.2, -0.15) is 0 Å². The van der Waals surface area contributed by atoms with Crippen molar-refractivity contribution in [2.24, 2.45) is 11.8 Å². The topological polar surface area (TPSA) is 92.3 Å². The van der Waals surface area contributed by atoms with Gasteiger partial charge in [0.1, 0.15) is 0 Å². The smallest absolute Gasteiger partial charge is 0.226 e. The van der Waals surface area contributed by atoms with Crippen LogP contribution in [0.1, 0.15) is 38.8 Å². The van der Waals surface area contributed by atoms with Gasteiger partial charge in [0.05, 0.1) is 16.1 Å². The van der Waals surface area contributed by atoms with Crippen LogP contribution in [-0.2, 0) is 14.6 Å².